The molecule has 0 N–H and O–H groups in total. The van der Waals surface area contributed by atoms with Crippen molar-refractivity contribution in [3.63, 3.8) is 0 Å². The number of nitriles is 1. The van der Waals surface area contributed by atoms with Crippen LogP contribution >= 0.6 is 0 Å². The van der Waals surface area contributed by atoms with Crippen molar-refractivity contribution in [2.45, 2.75) is 6.18 Å². The Labute approximate surface area is 81.4 Å². The molecule has 0 aromatic carbocycles. The minimum atomic E-state index is -4.58. The Balaban J connectivity index is 3.36. The van der Waals surface area contributed by atoms with Gasteiger partial charge in [0.15, 0.2) is 0 Å². The van der Waals surface area contributed by atoms with Crippen LogP contribution in [0.3, 0.4) is 0 Å². The van der Waals surface area contributed by atoms with E-state index in [2.05, 4.69) is 15.0 Å². The first-order valence-corrected chi connectivity index (χ1v) is 3.51. The largest absolute Gasteiger partial charge is 0.417 e. The number of halogens is 3. The highest BCUT2D eigenvalue weighted by molar-refractivity contribution is 5.50. The second-order valence-corrected chi connectivity index (χ2v) is 2.39. The van der Waals surface area contributed by atoms with Gasteiger partial charge >= 0.3 is 6.18 Å². The maximum Gasteiger partial charge on any atom is 0.417 e. The molecule has 0 aliphatic heterocycles. The first-order valence-electron chi connectivity index (χ1n) is 3.51. The van der Waals surface area contributed by atoms with Gasteiger partial charge in [-0.2, -0.15) is 18.4 Å². The van der Waals surface area contributed by atoms with E-state index in [-0.39, 0.29) is 5.69 Å². The summed E-state index contributed by atoms with van der Waals surface area (Å²) < 4.78 is 36.6. The highest BCUT2D eigenvalue weighted by Crippen LogP contribution is 2.31. The molecule has 15 heavy (non-hydrogen) atoms. The summed E-state index contributed by atoms with van der Waals surface area (Å²) >= 11 is 0. The molecule has 1 aromatic heterocycles. The molecule has 0 unspecified atom stereocenters. The Hall–Kier alpha value is -2.26. The molecule has 0 spiro atoms. The maximum atomic E-state index is 12.2. The van der Waals surface area contributed by atoms with Crippen LogP contribution in [0.4, 0.5) is 18.9 Å². The number of pyridine rings is 1. The Kier molecular flexibility index (Phi) is 2.78. The molecule has 1 heterocycles. The highest BCUT2D eigenvalue weighted by Gasteiger charge is 2.31. The quantitative estimate of drug-likeness (QED) is 0.408. The summed E-state index contributed by atoms with van der Waals surface area (Å²) in [6.45, 7) is 0. The molecular weight excluding hydrogens is 211 g/mol. The predicted octanol–water partition coefficient (Wildman–Crippen LogP) is 2.91. The van der Waals surface area contributed by atoms with Gasteiger partial charge < -0.3 is 0 Å². The molecule has 0 bridgehead atoms. The Morgan fingerprint density at radius 3 is 2.67 bits per heavy atom. The van der Waals surface area contributed by atoms with E-state index in [0.29, 0.717) is 12.3 Å². The molecule has 0 aliphatic rings. The summed E-state index contributed by atoms with van der Waals surface area (Å²) in [7, 11) is 0. The monoisotopic (exact) mass is 213 g/mol. The van der Waals surface area contributed by atoms with Crippen molar-refractivity contribution in [3.8, 4) is 6.07 Å². The third kappa shape index (κ3) is 2.36. The van der Waals surface area contributed by atoms with Gasteiger partial charge in [0.25, 0.3) is 0 Å². The Morgan fingerprint density at radius 2 is 2.20 bits per heavy atom. The van der Waals surface area contributed by atoms with Gasteiger partial charge in [-0.15, -0.1) is 0 Å². The van der Waals surface area contributed by atoms with Crippen LogP contribution in [0.15, 0.2) is 17.4 Å². The summed E-state index contributed by atoms with van der Waals surface area (Å²) in [5.74, 6) is 0. The van der Waals surface area contributed by atoms with E-state index in [4.69, 9.17) is 10.8 Å². The first kappa shape index (κ1) is 10.8. The van der Waals surface area contributed by atoms with E-state index >= 15 is 0 Å². The summed E-state index contributed by atoms with van der Waals surface area (Å²) in [5, 5.41) is 11.4. The number of nitrogens with zero attached hydrogens (tertiary/aromatic N) is 5. The molecule has 8 heteroatoms. The number of azide groups is 1. The van der Waals surface area contributed by atoms with Crippen LogP contribution in [0.2, 0.25) is 0 Å². The second-order valence-electron chi connectivity index (χ2n) is 2.39. The second kappa shape index (κ2) is 3.86. The molecule has 0 radical (unpaired) electrons. The van der Waals surface area contributed by atoms with Gasteiger partial charge in [-0.25, -0.2) is 4.98 Å². The van der Waals surface area contributed by atoms with Crippen LogP contribution in [-0.4, -0.2) is 4.98 Å². The van der Waals surface area contributed by atoms with Crippen molar-refractivity contribution in [3.05, 3.63) is 34.0 Å². The summed E-state index contributed by atoms with van der Waals surface area (Å²) in [5.41, 5.74) is 6.23. The number of hydrogen-bond donors (Lipinski definition) is 0. The van der Waals surface area contributed by atoms with Gasteiger partial charge in [0.2, 0.25) is 0 Å². The molecule has 76 valence electrons. The zero-order chi connectivity index (χ0) is 11.5. The third-order valence-corrected chi connectivity index (χ3v) is 1.45. The molecule has 1 rings (SSSR count). The van der Waals surface area contributed by atoms with Crippen LogP contribution in [0, 0.1) is 11.3 Å². The predicted molar refractivity (Wildman–Crippen MR) is 42.8 cm³/mol. The molecule has 5 nitrogen and oxygen atoms in total. The SMILES string of the molecule is N#Cc1ncc(C(F)(F)F)cc1N=[N+]=[N-]. The van der Waals surface area contributed by atoms with Crippen LogP contribution in [0.25, 0.3) is 10.4 Å². The van der Waals surface area contributed by atoms with Gasteiger partial charge in [-0.1, -0.05) is 5.11 Å². The molecule has 0 saturated heterocycles. The maximum absolute atomic E-state index is 12.2. The number of aromatic nitrogens is 1. The van der Waals surface area contributed by atoms with Crippen molar-refractivity contribution < 1.29 is 13.2 Å². The summed E-state index contributed by atoms with van der Waals surface area (Å²) in [6.07, 6.45) is -4.07. The lowest BCUT2D eigenvalue weighted by Gasteiger charge is -2.06. The fraction of sp³-hybridized carbons (Fsp3) is 0.143. The Morgan fingerprint density at radius 1 is 1.53 bits per heavy atom. The molecule has 0 fully saturated rings. The van der Waals surface area contributed by atoms with Gasteiger partial charge in [-0.05, 0) is 11.6 Å². The highest BCUT2D eigenvalue weighted by atomic mass is 19.4. The van der Waals surface area contributed by atoms with E-state index in [0.717, 1.165) is 0 Å². The van der Waals surface area contributed by atoms with E-state index in [1.807, 2.05) is 0 Å². The first-order chi connectivity index (χ1) is 6.99. The smallest absolute Gasteiger partial charge is 0.244 e. The molecular formula is C7H2F3N5. The topological polar surface area (TPSA) is 85.4 Å². The van der Waals surface area contributed by atoms with Crippen LogP contribution in [0.1, 0.15) is 11.3 Å². The molecule has 0 amide bonds. The normalized spacial score (nSPS) is 10.3. The van der Waals surface area contributed by atoms with E-state index in [1.165, 1.54) is 6.07 Å². The third-order valence-electron chi connectivity index (χ3n) is 1.45. The van der Waals surface area contributed by atoms with E-state index < -0.39 is 17.4 Å². The minimum Gasteiger partial charge on any atom is -0.244 e. The van der Waals surface area contributed by atoms with Crippen LogP contribution in [0.5, 0.6) is 0 Å². The average Bonchev–Trinajstić information content (AvgIpc) is 2.17. The van der Waals surface area contributed by atoms with Gasteiger partial charge in [0.1, 0.15) is 11.8 Å². The van der Waals surface area contributed by atoms with Gasteiger partial charge in [-0.3, -0.25) is 0 Å². The van der Waals surface area contributed by atoms with Crippen molar-refractivity contribution in [2.75, 3.05) is 0 Å². The number of hydrogen-bond acceptors (Lipinski definition) is 3. The molecule has 0 saturated carbocycles. The minimum absolute atomic E-state index is 0.346. The van der Waals surface area contributed by atoms with E-state index in [9.17, 15) is 13.2 Å². The zero-order valence-corrected chi connectivity index (χ0v) is 7.02. The Bertz CT molecular complexity index is 466. The number of alkyl halides is 3. The lowest BCUT2D eigenvalue weighted by molar-refractivity contribution is -0.137. The summed E-state index contributed by atoms with van der Waals surface area (Å²) in [6, 6.07) is 2.09. The van der Waals surface area contributed by atoms with Crippen molar-refractivity contribution in [2.24, 2.45) is 5.11 Å². The number of rotatable bonds is 1. The molecule has 1 aromatic rings. The van der Waals surface area contributed by atoms with Crippen LogP contribution < -0.4 is 0 Å². The van der Waals surface area contributed by atoms with Crippen LogP contribution in [-0.2, 0) is 6.18 Å². The van der Waals surface area contributed by atoms with Gasteiger partial charge in [0, 0.05) is 11.1 Å². The van der Waals surface area contributed by atoms with Crippen molar-refractivity contribution >= 4 is 5.69 Å². The average molecular weight is 213 g/mol. The fourth-order valence-electron chi connectivity index (χ4n) is 0.819. The standard InChI is InChI=1S/C7H2F3N5/c8-7(9,10)4-1-5(14-15-12)6(2-11)13-3-4/h1,3H. The molecule has 0 atom stereocenters. The zero-order valence-electron chi connectivity index (χ0n) is 7.02. The molecule has 0 aliphatic carbocycles. The lowest BCUT2D eigenvalue weighted by atomic mass is 10.2. The van der Waals surface area contributed by atoms with Crippen molar-refractivity contribution in [1.82, 2.24) is 4.98 Å². The van der Waals surface area contributed by atoms with Gasteiger partial charge in [0.05, 0.1) is 11.3 Å². The van der Waals surface area contributed by atoms with E-state index in [1.54, 1.807) is 0 Å². The fourth-order valence-corrected chi connectivity index (χ4v) is 0.819. The van der Waals surface area contributed by atoms with Crippen molar-refractivity contribution in [1.29, 1.82) is 5.26 Å². The summed E-state index contributed by atoms with van der Waals surface area (Å²) in [4.78, 5) is 5.54. The lowest BCUT2D eigenvalue weighted by Crippen LogP contribution is -2.05.